The summed E-state index contributed by atoms with van der Waals surface area (Å²) in [5, 5.41) is 4.90. The quantitative estimate of drug-likeness (QED) is 0.797. The normalized spacial score (nSPS) is 10.2. The fourth-order valence-electron chi connectivity index (χ4n) is 1.32. The van der Waals surface area contributed by atoms with Gasteiger partial charge in [-0.15, -0.1) is 12.3 Å². The molecule has 0 amide bonds. The minimum Gasteiger partial charge on any atom is -0.339 e. The summed E-state index contributed by atoms with van der Waals surface area (Å²) in [4.78, 5) is 4.21. The maximum Gasteiger partial charge on any atom is 0.227 e. The van der Waals surface area contributed by atoms with Crippen LogP contribution in [0, 0.1) is 12.3 Å². The van der Waals surface area contributed by atoms with E-state index < -0.39 is 0 Å². The van der Waals surface area contributed by atoms with Crippen LogP contribution in [-0.4, -0.2) is 10.1 Å². The van der Waals surface area contributed by atoms with Gasteiger partial charge in [0.1, 0.15) is 0 Å². The highest BCUT2D eigenvalue weighted by atomic mass is 35.5. The van der Waals surface area contributed by atoms with E-state index in [0.717, 1.165) is 0 Å². The Bertz CT molecular complexity index is 572. The van der Waals surface area contributed by atoms with Gasteiger partial charge in [0, 0.05) is 23.4 Å². The van der Waals surface area contributed by atoms with Crippen molar-refractivity contribution in [3.05, 3.63) is 34.1 Å². The van der Waals surface area contributed by atoms with Crippen molar-refractivity contribution in [2.24, 2.45) is 0 Å². The van der Waals surface area contributed by atoms with Gasteiger partial charge in [-0.3, -0.25) is 0 Å². The van der Waals surface area contributed by atoms with E-state index in [4.69, 9.17) is 34.1 Å². The van der Waals surface area contributed by atoms with Gasteiger partial charge in [-0.25, -0.2) is 0 Å². The summed E-state index contributed by atoms with van der Waals surface area (Å²) >= 11 is 11.8. The maximum atomic E-state index is 6.04. The number of benzene rings is 1. The van der Waals surface area contributed by atoms with E-state index in [1.807, 2.05) is 0 Å². The molecule has 2 rings (SSSR count). The average molecular weight is 267 g/mol. The molecule has 1 aromatic carbocycles. The van der Waals surface area contributed by atoms with Crippen LogP contribution < -0.4 is 0 Å². The number of hydrogen-bond acceptors (Lipinski definition) is 3. The third-order valence-corrected chi connectivity index (χ3v) is 2.67. The summed E-state index contributed by atoms with van der Waals surface area (Å²) < 4.78 is 5.06. The van der Waals surface area contributed by atoms with Gasteiger partial charge in [0.25, 0.3) is 0 Å². The lowest BCUT2D eigenvalue weighted by molar-refractivity contribution is 0.380. The van der Waals surface area contributed by atoms with Crippen molar-refractivity contribution in [1.29, 1.82) is 0 Å². The van der Waals surface area contributed by atoms with Crippen molar-refractivity contribution in [1.82, 2.24) is 10.1 Å². The number of aryl methyl sites for hydroxylation is 1. The largest absolute Gasteiger partial charge is 0.339 e. The minimum absolute atomic E-state index is 0.443. The van der Waals surface area contributed by atoms with Crippen molar-refractivity contribution in [2.45, 2.75) is 12.8 Å². The number of nitrogens with zero attached hydrogens (tertiary/aromatic N) is 2. The molecule has 0 saturated carbocycles. The van der Waals surface area contributed by atoms with Gasteiger partial charge in [0.2, 0.25) is 11.7 Å². The Labute approximate surface area is 109 Å². The Balaban J connectivity index is 2.28. The smallest absolute Gasteiger partial charge is 0.227 e. The summed E-state index contributed by atoms with van der Waals surface area (Å²) in [5.41, 5.74) is 0.687. The molecule has 0 bridgehead atoms. The third kappa shape index (κ3) is 2.79. The number of hydrogen-bond donors (Lipinski definition) is 0. The maximum absolute atomic E-state index is 6.04. The highest BCUT2D eigenvalue weighted by Crippen LogP contribution is 2.28. The Hall–Kier alpha value is -1.50. The Morgan fingerprint density at radius 2 is 2.18 bits per heavy atom. The fraction of sp³-hybridized carbons (Fsp3) is 0.167. The summed E-state index contributed by atoms with van der Waals surface area (Å²) in [7, 11) is 0. The van der Waals surface area contributed by atoms with Crippen LogP contribution in [0.2, 0.25) is 10.0 Å². The van der Waals surface area contributed by atoms with Crippen LogP contribution >= 0.6 is 23.2 Å². The summed E-state index contributed by atoms with van der Waals surface area (Å²) in [6, 6.07) is 5.11. The standard InChI is InChI=1S/C12H8Cl2N2O/c1-2-3-4-11-15-12(16-17-11)9-6-5-8(13)7-10(9)14/h1,5-7H,3-4H2. The van der Waals surface area contributed by atoms with E-state index in [1.165, 1.54) is 0 Å². The first-order valence-corrected chi connectivity index (χ1v) is 5.68. The zero-order valence-electron chi connectivity index (χ0n) is 8.78. The lowest BCUT2D eigenvalue weighted by atomic mass is 10.2. The van der Waals surface area contributed by atoms with Crippen LogP contribution in [0.4, 0.5) is 0 Å². The molecule has 0 fully saturated rings. The monoisotopic (exact) mass is 266 g/mol. The van der Waals surface area contributed by atoms with Gasteiger partial charge >= 0.3 is 0 Å². The van der Waals surface area contributed by atoms with Crippen molar-refractivity contribution in [3.63, 3.8) is 0 Å². The second-order valence-corrected chi connectivity index (χ2v) is 4.18. The van der Waals surface area contributed by atoms with Crippen molar-refractivity contribution in [2.75, 3.05) is 0 Å². The molecule has 5 heteroatoms. The van der Waals surface area contributed by atoms with Gasteiger partial charge in [-0.05, 0) is 18.2 Å². The molecular weight excluding hydrogens is 259 g/mol. The highest BCUT2D eigenvalue weighted by Gasteiger charge is 2.11. The minimum atomic E-state index is 0.443. The zero-order chi connectivity index (χ0) is 12.3. The molecule has 0 aliphatic carbocycles. The van der Waals surface area contributed by atoms with Crippen LogP contribution in [0.15, 0.2) is 22.7 Å². The van der Waals surface area contributed by atoms with Crippen LogP contribution in [0.1, 0.15) is 12.3 Å². The molecule has 0 radical (unpaired) electrons. The number of terminal acetylenes is 1. The average Bonchev–Trinajstić information content (AvgIpc) is 2.75. The second-order valence-electron chi connectivity index (χ2n) is 3.34. The van der Waals surface area contributed by atoms with E-state index in [9.17, 15) is 0 Å². The van der Waals surface area contributed by atoms with Crippen LogP contribution in [-0.2, 0) is 6.42 Å². The lowest BCUT2D eigenvalue weighted by Crippen LogP contribution is -1.85. The number of halogens is 2. The second kappa shape index (κ2) is 5.22. The van der Waals surface area contributed by atoms with Crippen LogP contribution in [0.3, 0.4) is 0 Å². The highest BCUT2D eigenvalue weighted by molar-refractivity contribution is 6.36. The molecule has 1 heterocycles. The molecule has 0 aliphatic heterocycles. The molecular formula is C12H8Cl2N2O. The predicted octanol–water partition coefficient (Wildman–Crippen LogP) is 3.61. The van der Waals surface area contributed by atoms with Crippen LogP contribution in [0.25, 0.3) is 11.4 Å². The van der Waals surface area contributed by atoms with Gasteiger partial charge in [-0.2, -0.15) is 4.98 Å². The summed E-state index contributed by atoms with van der Waals surface area (Å²) in [6.07, 6.45) is 6.29. The van der Waals surface area contributed by atoms with Gasteiger partial charge in [-0.1, -0.05) is 28.4 Å². The summed E-state index contributed by atoms with van der Waals surface area (Å²) in [5.74, 6) is 3.46. The topological polar surface area (TPSA) is 38.9 Å². The molecule has 1 aromatic heterocycles. The molecule has 3 nitrogen and oxygen atoms in total. The molecule has 86 valence electrons. The Kier molecular flexibility index (Phi) is 3.68. The molecule has 17 heavy (non-hydrogen) atoms. The number of rotatable bonds is 3. The Morgan fingerprint density at radius 3 is 2.88 bits per heavy atom. The number of aromatic nitrogens is 2. The third-order valence-electron chi connectivity index (χ3n) is 2.12. The van der Waals surface area contributed by atoms with E-state index >= 15 is 0 Å². The fourth-order valence-corrected chi connectivity index (χ4v) is 1.81. The lowest BCUT2D eigenvalue weighted by Gasteiger charge is -1.98. The molecule has 0 unspecified atom stereocenters. The molecule has 0 saturated heterocycles. The predicted molar refractivity (Wildman–Crippen MR) is 66.9 cm³/mol. The first-order valence-electron chi connectivity index (χ1n) is 4.92. The molecule has 0 aliphatic rings. The van der Waals surface area contributed by atoms with E-state index in [0.29, 0.717) is 40.2 Å². The van der Waals surface area contributed by atoms with Gasteiger partial charge in [0.05, 0.1) is 5.02 Å². The summed E-state index contributed by atoms with van der Waals surface area (Å²) in [6.45, 7) is 0. The SMILES string of the molecule is C#CCCc1nc(-c2ccc(Cl)cc2Cl)no1. The van der Waals surface area contributed by atoms with Crippen molar-refractivity contribution in [3.8, 4) is 23.7 Å². The molecule has 0 atom stereocenters. The van der Waals surface area contributed by atoms with Gasteiger partial charge in [0.15, 0.2) is 0 Å². The first-order chi connectivity index (χ1) is 8.20. The van der Waals surface area contributed by atoms with E-state index in [2.05, 4.69) is 16.1 Å². The molecule has 0 spiro atoms. The van der Waals surface area contributed by atoms with Crippen molar-refractivity contribution >= 4 is 23.2 Å². The van der Waals surface area contributed by atoms with Crippen LogP contribution in [0.5, 0.6) is 0 Å². The molecule has 2 aromatic rings. The van der Waals surface area contributed by atoms with Crippen molar-refractivity contribution < 1.29 is 4.52 Å². The Morgan fingerprint density at radius 1 is 1.35 bits per heavy atom. The zero-order valence-corrected chi connectivity index (χ0v) is 10.3. The van der Waals surface area contributed by atoms with E-state index in [-0.39, 0.29) is 0 Å². The van der Waals surface area contributed by atoms with E-state index in [1.54, 1.807) is 18.2 Å². The van der Waals surface area contributed by atoms with Gasteiger partial charge < -0.3 is 4.52 Å². The molecule has 0 N–H and O–H groups in total. The first kappa shape index (κ1) is 12.0.